The minimum atomic E-state index is 0.0348. The number of rotatable bonds is 7. The van der Waals surface area contributed by atoms with E-state index in [0.717, 1.165) is 29.8 Å². The maximum atomic E-state index is 12.2. The van der Waals surface area contributed by atoms with Crippen molar-refractivity contribution in [3.63, 3.8) is 0 Å². The predicted octanol–water partition coefficient (Wildman–Crippen LogP) is 3.91. The van der Waals surface area contributed by atoms with Gasteiger partial charge < -0.3 is 9.30 Å². The number of hydrogen-bond acceptors (Lipinski definition) is 5. The third-order valence-corrected chi connectivity index (χ3v) is 5.99. The molecule has 2 aliphatic rings. The van der Waals surface area contributed by atoms with E-state index in [1.165, 1.54) is 18.4 Å². The molecule has 0 radical (unpaired) electrons. The van der Waals surface area contributed by atoms with Gasteiger partial charge in [0.2, 0.25) is 5.88 Å². The molecule has 2 fully saturated rings. The molecule has 0 saturated heterocycles. The quantitative estimate of drug-likeness (QED) is 0.599. The van der Waals surface area contributed by atoms with Crippen molar-refractivity contribution >= 4 is 0 Å². The van der Waals surface area contributed by atoms with Gasteiger partial charge >= 0.3 is 0 Å². The molecule has 6 heteroatoms. The van der Waals surface area contributed by atoms with E-state index in [2.05, 4.69) is 34.0 Å². The van der Waals surface area contributed by atoms with Crippen molar-refractivity contribution < 1.29 is 4.74 Å². The Morgan fingerprint density at radius 2 is 1.97 bits per heavy atom. The second-order valence-electron chi connectivity index (χ2n) is 8.66. The first-order chi connectivity index (χ1) is 14.6. The summed E-state index contributed by atoms with van der Waals surface area (Å²) in [4.78, 5) is 25.7. The van der Waals surface area contributed by atoms with Gasteiger partial charge in [0.15, 0.2) is 0 Å². The van der Waals surface area contributed by atoms with Gasteiger partial charge in [0.1, 0.15) is 5.82 Å². The van der Waals surface area contributed by atoms with Crippen molar-refractivity contribution in [1.82, 2.24) is 19.5 Å². The van der Waals surface area contributed by atoms with Crippen molar-refractivity contribution in [3.8, 4) is 17.0 Å². The lowest BCUT2D eigenvalue weighted by molar-refractivity contribution is 0.285. The summed E-state index contributed by atoms with van der Waals surface area (Å²) in [7, 11) is 0. The average Bonchev–Trinajstić information content (AvgIpc) is 3.65. The SMILES string of the molecule is Cc1ccc([C@@H]2CC2COc2nc(C)ncc2-c2ccc(=O)n(CC3CC3)c2)nc1. The largest absolute Gasteiger partial charge is 0.477 e. The molecule has 3 heterocycles. The van der Waals surface area contributed by atoms with E-state index < -0.39 is 0 Å². The van der Waals surface area contributed by atoms with E-state index >= 15 is 0 Å². The highest BCUT2D eigenvalue weighted by molar-refractivity contribution is 5.66. The van der Waals surface area contributed by atoms with Crippen molar-refractivity contribution in [2.75, 3.05) is 6.61 Å². The Balaban J connectivity index is 1.33. The van der Waals surface area contributed by atoms with Gasteiger partial charge in [-0.25, -0.2) is 4.98 Å². The smallest absolute Gasteiger partial charge is 0.250 e. The van der Waals surface area contributed by atoms with Gasteiger partial charge in [0, 0.05) is 54.3 Å². The maximum Gasteiger partial charge on any atom is 0.250 e. The predicted molar refractivity (Wildman–Crippen MR) is 115 cm³/mol. The lowest BCUT2D eigenvalue weighted by Gasteiger charge is -2.12. The molecule has 0 aliphatic heterocycles. The molecular formula is C24H26N4O2. The zero-order chi connectivity index (χ0) is 20.7. The minimum absolute atomic E-state index is 0.0348. The van der Waals surface area contributed by atoms with Crippen LogP contribution < -0.4 is 10.3 Å². The lowest BCUT2D eigenvalue weighted by Crippen LogP contribution is -2.19. The molecule has 1 unspecified atom stereocenters. The van der Waals surface area contributed by atoms with Crippen LogP contribution in [0.15, 0.2) is 47.7 Å². The fourth-order valence-corrected chi connectivity index (χ4v) is 3.85. The third-order valence-electron chi connectivity index (χ3n) is 5.99. The second-order valence-corrected chi connectivity index (χ2v) is 8.66. The zero-order valence-corrected chi connectivity index (χ0v) is 17.4. The van der Waals surface area contributed by atoms with Crippen molar-refractivity contribution in [1.29, 1.82) is 0 Å². The molecule has 6 nitrogen and oxygen atoms in total. The first kappa shape index (κ1) is 19.0. The standard InChI is InChI=1S/C24H26N4O2/c1-15-3-7-22(26-10-15)20-9-19(20)14-30-24-21(11-25-16(2)27-24)18-6-8-23(29)28(13-18)12-17-4-5-17/h3,6-8,10-11,13,17,19-20H,4-5,9,12,14H2,1-2H3/t19?,20-/m1/s1. The van der Waals surface area contributed by atoms with E-state index in [-0.39, 0.29) is 5.56 Å². The minimum Gasteiger partial charge on any atom is -0.477 e. The molecule has 2 aliphatic carbocycles. The molecule has 5 rings (SSSR count). The summed E-state index contributed by atoms with van der Waals surface area (Å²) in [6, 6.07) is 7.69. The van der Waals surface area contributed by atoms with Gasteiger partial charge in [-0.2, -0.15) is 4.98 Å². The molecule has 0 aromatic carbocycles. The highest BCUT2D eigenvalue weighted by Crippen LogP contribution is 2.47. The summed E-state index contributed by atoms with van der Waals surface area (Å²) in [6.45, 7) is 5.30. The normalized spacial score (nSPS) is 20.2. The van der Waals surface area contributed by atoms with Crippen LogP contribution in [0.5, 0.6) is 5.88 Å². The van der Waals surface area contributed by atoms with Crippen LogP contribution in [-0.4, -0.2) is 26.1 Å². The maximum absolute atomic E-state index is 12.2. The summed E-state index contributed by atoms with van der Waals surface area (Å²) in [5, 5.41) is 0. The van der Waals surface area contributed by atoms with Crippen molar-refractivity contribution in [2.24, 2.45) is 11.8 Å². The van der Waals surface area contributed by atoms with Crippen LogP contribution in [0.1, 0.15) is 42.3 Å². The number of hydrogen-bond donors (Lipinski definition) is 0. The fourth-order valence-electron chi connectivity index (χ4n) is 3.85. The molecule has 0 N–H and O–H groups in total. The van der Waals surface area contributed by atoms with Gasteiger partial charge in [-0.3, -0.25) is 9.78 Å². The average molecular weight is 402 g/mol. The van der Waals surface area contributed by atoms with Crippen LogP contribution in [0.3, 0.4) is 0 Å². The summed E-state index contributed by atoms with van der Waals surface area (Å²) < 4.78 is 7.97. The molecule has 0 bridgehead atoms. The topological polar surface area (TPSA) is 69.9 Å². The molecular weight excluding hydrogens is 376 g/mol. The van der Waals surface area contributed by atoms with E-state index in [4.69, 9.17) is 4.74 Å². The van der Waals surface area contributed by atoms with Gasteiger partial charge in [0.25, 0.3) is 5.56 Å². The highest BCUT2D eigenvalue weighted by Gasteiger charge is 2.40. The van der Waals surface area contributed by atoms with Crippen LogP contribution in [0.25, 0.3) is 11.1 Å². The van der Waals surface area contributed by atoms with E-state index in [9.17, 15) is 4.79 Å². The molecule has 2 atom stereocenters. The Kier molecular flexibility index (Phi) is 4.85. The highest BCUT2D eigenvalue weighted by atomic mass is 16.5. The first-order valence-electron chi connectivity index (χ1n) is 10.7. The van der Waals surface area contributed by atoms with Crippen LogP contribution in [-0.2, 0) is 6.54 Å². The third kappa shape index (κ3) is 4.13. The number of aryl methyl sites for hydroxylation is 2. The van der Waals surface area contributed by atoms with Crippen LogP contribution in [0.4, 0.5) is 0 Å². The van der Waals surface area contributed by atoms with Gasteiger partial charge in [0.05, 0.1) is 12.2 Å². The van der Waals surface area contributed by atoms with Crippen LogP contribution in [0.2, 0.25) is 0 Å². The molecule has 3 aromatic rings. The first-order valence-corrected chi connectivity index (χ1v) is 10.7. The van der Waals surface area contributed by atoms with Crippen LogP contribution in [0, 0.1) is 25.7 Å². The van der Waals surface area contributed by atoms with Gasteiger partial charge in [-0.05, 0) is 56.7 Å². The van der Waals surface area contributed by atoms with Crippen LogP contribution >= 0.6 is 0 Å². The van der Waals surface area contributed by atoms with E-state index in [1.54, 1.807) is 16.8 Å². The van der Waals surface area contributed by atoms with Crippen molar-refractivity contribution in [3.05, 3.63) is 70.3 Å². The lowest BCUT2D eigenvalue weighted by atomic mass is 10.1. The monoisotopic (exact) mass is 402 g/mol. The summed E-state index contributed by atoms with van der Waals surface area (Å²) >= 11 is 0. The number of aromatic nitrogens is 4. The number of ether oxygens (including phenoxy) is 1. The van der Waals surface area contributed by atoms with Gasteiger partial charge in [-0.15, -0.1) is 0 Å². The molecule has 0 amide bonds. The molecule has 2 saturated carbocycles. The van der Waals surface area contributed by atoms with Crippen molar-refractivity contribution in [2.45, 2.75) is 45.6 Å². The van der Waals surface area contributed by atoms with E-state index in [1.807, 2.05) is 25.4 Å². The molecule has 154 valence electrons. The van der Waals surface area contributed by atoms with E-state index in [0.29, 0.717) is 36.1 Å². The van der Waals surface area contributed by atoms with Gasteiger partial charge in [-0.1, -0.05) is 6.07 Å². The second kappa shape index (κ2) is 7.67. The summed E-state index contributed by atoms with van der Waals surface area (Å²) in [5.41, 5.74) is 4.10. The summed E-state index contributed by atoms with van der Waals surface area (Å²) in [5.74, 6) is 2.80. The molecule has 30 heavy (non-hydrogen) atoms. The molecule has 3 aromatic heterocycles. The Bertz CT molecular complexity index is 1120. The Labute approximate surface area is 176 Å². The number of nitrogens with zero attached hydrogens (tertiary/aromatic N) is 4. The number of pyridine rings is 2. The fraction of sp³-hybridized carbons (Fsp3) is 0.417. The Morgan fingerprint density at radius 3 is 2.73 bits per heavy atom. The summed E-state index contributed by atoms with van der Waals surface area (Å²) in [6.07, 6.45) is 9.13. The zero-order valence-electron chi connectivity index (χ0n) is 17.4. The Hall–Kier alpha value is -3.02. The Morgan fingerprint density at radius 1 is 1.10 bits per heavy atom. The molecule has 0 spiro atoms.